The number of rotatable bonds is 7. The van der Waals surface area contributed by atoms with Gasteiger partial charge in [-0.2, -0.15) is 4.99 Å². The number of hydrogen-bond donors (Lipinski definition) is 0. The molecule has 150 valence electrons. The Hall–Kier alpha value is -3.19. The molecule has 1 amide bonds. The molecule has 29 heavy (non-hydrogen) atoms. The van der Waals surface area contributed by atoms with Crippen molar-refractivity contribution in [2.24, 2.45) is 4.99 Å². The number of para-hydroxylation sites is 1. The van der Waals surface area contributed by atoms with Crippen LogP contribution in [0.15, 0.2) is 65.1 Å². The molecule has 0 aliphatic carbocycles. The van der Waals surface area contributed by atoms with Gasteiger partial charge in [-0.05, 0) is 31.0 Å². The quantitative estimate of drug-likeness (QED) is 0.561. The summed E-state index contributed by atoms with van der Waals surface area (Å²) in [5.74, 6) is -0.527. The maximum atomic E-state index is 12.1. The van der Waals surface area contributed by atoms with Crippen LogP contribution in [0.5, 0.6) is 5.75 Å². The van der Waals surface area contributed by atoms with E-state index in [0.717, 1.165) is 11.1 Å². The maximum absolute atomic E-state index is 12.1. The zero-order valence-electron chi connectivity index (χ0n) is 16.3. The van der Waals surface area contributed by atoms with E-state index in [1.54, 1.807) is 6.07 Å². The largest absolute Gasteiger partial charge is 0.482 e. The molecule has 0 bridgehead atoms. The minimum absolute atomic E-state index is 0.259. The van der Waals surface area contributed by atoms with Crippen LogP contribution >= 0.6 is 11.3 Å². The van der Waals surface area contributed by atoms with E-state index in [9.17, 15) is 9.59 Å². The van der Waals surface area contributed by atoms with Crippen molar-refractivity contribution < 1.29 is 19.1 Å². The average molecular weight is 410 g/mol. The van der Waals surface area contributed by atoms with Crippen LogP contribution in [0.4, 0.5) is 0 Å². The van der Waals surface area contributed by atoms with E-state index < -0.39 is 18.5 Å². The van der Waals surface area contributed by atoms with Crippen molar-refractivity contribution in [1.29, 1.82) is 0 Å². The van der Waals surface area contributed by atoms with E-state index >= 15 is 0 Å². The molecule has 3 aromatic rings. The Kier molecular flexibility index (Phi) is 6.97. The van der Waals surface area contributed by atoms with Crippen LogP contribution in [0.25, 0.3) is 0 Å². The highest BCUT2D eigenvalue weighted by Gasteiger charge is 2.09. The molecule has 7 heteroatoms. The molecule has 1 aromatic heterocycles. The molecule has 0 fully saturated rings. The lowest BCUT2D eigenvalue weighted by molar-refractivity contribution is -0.149. The summed E-state index contributed by atoms with van der Waals surface area (Å²) < 4.78 is 12.3. The monoisotopic (exact) mass is 410 g/mol. The Morgan fingerprint density at radius 3 is 2.55 bits per heavy atom. The number of hydrogen-bond acceptors (Lipinski definition) is 5. The molecule has 0 N–H and O–H groups in total. The highest BCUT2D eigenvalue weighted by atomic mass is 32.1. The van der Waals surface area contributed by atoms with E-state index in [4.69, 9.17) is 9.47 Å². The lowest BCUT2D eigenvalue weighted by Crippen LogP contribution is -2.22. The zero-order chi connectivity index (χ0) is 20.6. The van der Waals surface area contributed by atoms with Gasteiger partial charge in [-0.1, -0.05) is 48.0 Å². The third-order valence-corrected chi connectivity index (χ3v) is 4.94. The standard InChI is InChI=1S/C22H22N2O4S/c1-16-7-9-18(10-8-16)13-24-11-12-29-22(24)23-20(25)14-28-21(26)15-27-19-6-4-3-5-17(19)2/h3-12H,13-15H2,1-2H3. The number of thiazole rings is 1. The van der Waals surface area contributed by atoms with Crippen LogP contribution in [0, 0.1) is 13.8 Å². The topological polar surface area (TPSA) is 69.9 Å². The number of nitrogens with zero attached hydrogens (tertiary/aromatic N) is 2. The summed E-state index contributed by atoms with van der Waals surface area (Å²) in [6.45, 7) is 3.85. The number of carbonyl (C=O) groups excluding carboxylic acids is 2. The first kappa shape index (κ1) is 20.5. The third kappa shape index (κ3) is 6.15. The molecule has 6 nitrogen and oxygen atoms in total. The van der Waals surface area contributed by atoms with Crippen LogP contribution in [-0.2, 0) is 20.9 Å². The summed E-state index contributed by atoms with van der Waals surface area (Å²) in [5, 5.41) is 1.86. The summed E-state index contributed by atoms with van der Waals surface area (Å²) in [5.41, 5.74) is 3.22. The predicted octanol–water partition coefficient (Wildman–Crippen LogP) is 3.26. The fraction of sp³-hybridized carbons (Fsp3) is 0.227. The van der Waals surface area contributed by atoms with E-state index in [0.29, 0.717) is 17.1 Å². The van der Waals surface area contributed by atoms with Crippen LogP contribution in [-0.4, -0.2) is 29.7 Å². The molecule has 0 saturated heterocycles. The first-order valence-electron chi connectivity index (χ1n) is 9.12. The molecular weight excluding hydrogens is 388 g/mol. The van der Waals surface area contributed by atoms with Crippen LogP contribution < -0.4 is 9.54 Å². The zero-order valence-corrected chi connectivity index (χ0v) is 17.1. The first-order valence-corrected chi connectivity index (χ1v) is 10.0. The number of benzene rings is 2. The van der Waals surface area contributed by atoms with Crippen molar-refractivity contribution in [3.05, 3.63) is 81.6 Å². The molecule has 0 spiro atoms. The SMILES string of the molecule is Cc1ccc(Cn2ccsc2=NC(=O)COC(=O)COc2ccccc2C)cc1. The Bertz CT molecular complexity index is 1050. The molecule has 3 rings (SSSR count). The average Bonchev–Trinajstić information content (AvgIpc) is 3.14. The first-order chi connectivity index (χ1) is 14.0. The number of amides is 1. The molecule has 2 aromatic carbocycles. The molecule has 0 aliphatic heterocycles. The fourth-order valence-electron chi connectivity index (χ4n) is 2.58. The fourth-order valence-corrected chi connectivity index (χ4v) is 3.32. The Morgan fingerprint density at radius 1 is 1.03 bits per heavy atom. The third-order valence-electron chi connectivity index (χ3n) is 4.15. The van der Waals surface area contributed by atoms with Crippen molar-refractivity contribution in [3.8, 4) is 5.75 Å². The van der Waals surface area contributed by atoms with Crippen LogP contribution in [0.2, 0.25) is 0 Å². The van der Waals surface area contributed by atoms with Gasteiger partial charge in [-0.25, -0.2) is 4.79 Å². The Morgan fingerprint density at radius 2 is 1.79 bits per heavy atom. The second-order valence-corrected chi connectivity index (χ2v) is 7.39. The van der Waals surface area contributed by atoms with Gasteiger partial charge in [0.2, 0.25) is 0 Å². The van der Waals surface area contributed by atoms with E-state index in [-0.39, 0.29) is 6.61 Å². The second kappa shape index (κ2) is 9.84. The van der Waals surface area contributed by atoms with Crippen LogP contribution in [0.1, 0.15) is 16.7 Å². The highest BCUT2D eigenvalue weighted by molar-refractivity contribution is 7.07. The predicted molar refractivity (Wildman–Crippen MR) is 111 cm³/mol. The van der Waals surface area contributed by atoms with Gasteiger partial charge in [-0.3, -0.25) is 4.79 Å². The summed E-state index contributed by atoms with van der Waals surface area (Å²) in [4.78, 5) is 28.5. The van der Waals surface area contributed by atoms with Gasteiger partial charge < -0.3 is 14.0 Å². The van der Waals surface area contributed by atoms with Gasteiger partial charge in [0.15, 0.2) is 18.0 Å². The summed E-state index contributed by atoms with van der Waals surface area (Å²) in [6, 6.07) is 15.5. The number of aryl methyl sites for hydroxylation is 2. The van der Waals surface area contributed by atoms with E-state index in [1.165, 1.54) is 16.9 Å². The molecule has 1 heterocycles. The molecule has 0 unspecified atom stereocenters. The summed E-state index contributed by atoms with van der Waals surface area (Å²) in [7, 11) is 0. The van der Waals surface area contributed by atoms with Crippen LogP contribution in [0.3, 0.4) is 0 Å². The maximum Gasteiger partial charge on any atom is 0.344 e. The van der Waals surface area contributed by atoms with E-state index in [2.05, 4.69) is 4.99 Å². The van der Waals surface area contributed by atoms with Crippen molar-refractivity contribution in [1.82, 2.24) is 4.57 Å². The Labute approximate surface area is 173 Å². The van der Waals surface area contributed by atoms with Gasteiger partial charge in [0, 0.05) is 18.1 Å². The Balaban J connectivity index is 1.53. The molecule has 0 radical (unpaired) electrons. The van der Waals surface area contributed by atoms with Crippen molar-refractivity contribution in [3.63, 3.8) is 0 Å². The van der Waals surface area contributed by atoms with Gasteiger partial charge in [0.25, 0.3) is 5.91 Å². The van der Waals surface area contributed by atoms with Crippen molar-refractivity contribution in [2.45, 2.75) is 20.4 Å². The lowest BCUT2D eigenvalue weighted by atomic mass is 10.1. The van der Waals surface area contributed by atoms with Crippen molar-refractivity contribution >= 4 is 23.2 Å². The van der Waals surface area contributed by atoms with Gasteiger partial charge >= 0.3 is 5.97 Å². The lowest BCUT2D eigenvalue weighted by Gasteiger charge is -2.08. The van der Waals surface area contributed by atoms with Crippen molar-refractivity contribution in [2.75, 3.05) is 13.2 Å². The summed E-state index contributed by atoms with van der Waals surface area (Å²) >= 11 is 1.35. The summed E-state index contributed by atoms with van der Waals surface area (Å²) in [6.07, 6.45) is 1.87. The molecule has 0 aliphatic rings. The number of esters is 1. The second-order valence-electron chi connectivity index (χ2n) is 6.52. The van der Waals surface area contributed by atoms with E-state index in [1.807, 2.05) is 72.5 Å². The molecular formula is C22H22N2O4S. The minimum Gasteiger partial charge on any atom is -0.482 e. The highest BCUT2D eigenvalue weighted by Crippen LogP contribution is 2.15. The number of carbonyl (C=O) groups is 2. The molecule has 0 saturated carbocycles. The molecule has 0 atom stereocenters. The van der Waals surface area contributed by atoms with Gasteiger partial charge in [-0.15, -0.1) is 11.3 Å². The normalized spacial score (nSPS) is 11.3. The minimum atomic E-state index is -0.615. The number of ether oxygens (including phenoxy) is 2. The smallest absolute Gasteiger partial charge is 0.344 e. The number of aromatic nitrogens is 1. The van der Waals surface area contributed by atoms with Gasteiger partial charge in [0.05, 0.1) is 0 Å². The van der Waals surface area contributed by atoms with Gasteiger partial charge in [0.1, 0.15) is 5.75 Å².